The summed E-state index contributed by atoms with van der Waals surface area (Å²) in [6, 6.07) is 11.8. The normalized spacial score (nSPS) is 18.9. The van der Waals surface area contributed by atoms with Crippen molar-refractivity contribution in [1.82, 2.24) is 10.3 Å². The lowest BCUT2D eigenvalue weighted by atomic mass is 10.1. The maximum atomic E-state index is 15.3. The van der Waals surface area contributed by atoms with Gasteiger partial charge in [0.05, 0.1) is 11.9 Å². The fraction of sp³-hybridized carbons (Fsp3) is 0.417. The van der Waals surface area contributed by atoms with E-state index in [2.05, 4.69) is 44.2 Å². The molecule has 1 atom stereocenters. The Balaban J connectivity index is 1.56. The number of nitrogens with one attached hydrogen (secondary N) is 1. The van der Waals surface area contributed by atoms with E-state index in [0.717, 1.165) is 62.1 Å². The predicted molar refractivity (Wildman–Crippen MR) is 144 cm³/mol. The zero-order valence-corrected chi connectivity index (χ0v) is 21.1. The number of halogens is 2. The molecule has 3 N–H and O–H groups in total. The minimum absolute atomic E-state index is 0.0716. The third-order valence-electron chi connectivity index (χ3n) is 6.52. The minimum Gasteiger partial charge on any atom is -0.375 e. The molecule has 2 aromatic rings. The molecule has 0 spiro atoms. The van der Waals surface area contributed by atoms with Crippen LogP contribution >= 0.6 is 23.8 Å². The average Bonchev–Trinajstić information content (AvgIpc) is 3.30. The number of hydrogen-bond donors (Lipinski definition) is 2. The molecule has 2 saturated heterocycles. The number of piperazine rings is 1. The highest BCUT2D eigenvalue weighted by molar-refractivity contribution is 7.80. The van der Waals surface area contributed by atoms with E-state index in [1.807, 2.05) is 30.3 Å². The topological polar surface area (TPSA) is 63.4 Å². The number of thiocarbonyl (C=S) groups is 1. The van der Waals surface area contributed by atoms with Gasteiger partial charge >= 0.3 is 0 Å². The largest absolute Gasteiger partial charge is 0.375 e. The van der Waals surface area contributed by atoms with E-state index in [-0.39, 0.29) is 10.9 Å². The molecule has 0 aliphatic carbocycles. The highest BCUT2D eigenvalue weighted by Gasteiger charge is 2.28. The van der Waals surface area contributed by atoms with Crippen molar-refractivity contribution in [2.45, 2.75) is 12.5 Å². The lowest BCUT2D eigenvalue weighted by molar-refractivity contribution is 0.315. The molecule has 7 nitrogen and oxygen atoms in total. The van der Waals surface area contributed by atoms with Crippen molar-refractivity contribution in [3.63, 3.8) is 0 Å². The molecular formula is C24H31ClFN7S. The number of benzene rings is 2. The van der Waals surface area contributed by atoms with Gasteiger partial charge in [0, 0.05) is 67.3 Å². The molecule has 2 heterocycles. The molecule has 0 radical (unpaired) electrons. The number of anilines is 3. The van der Waals surface area contributed by atoms with Gasteiger partial charge in [-0.15, -0.1) is 0 Å². The van der Waals surface area contributed by atoms with Crippen molar-refractivity contribution >= 4 is 52.2 Å². The molecule has 4 rings (SSSR count). The number of hydrazone groups is 1. The third-order valence-corrected chi connectivity index (χ3v) is 6.86. The van der Waals surface area contributed by atoms with Crippen LogP contribution in [0.15, 0.2) is 41.5 Å². The summed E-state index contributed by atoms with van der Waals surface area (Å²) in [6.45, 7) is 4.87. The summed E-state index contributed by atoms with van der Waals surface area (Å²) in [5.41, 5.74) is 11.5. The first-order chi connectivity index (χ1) is 16.3. The van der Waals surface area contributed by atoms with Gasteiger partial charge in [0.2, 0.25) is 0 Å². The van der Waals surface area contributed by atoms with Crippen LogP contribution in [-0.4, -0.2) is 75.6 Å². The minimum atomic E-state index is -0.260. The van der Waals surface area contributed by atoms with Crippen molar-refractivity contribution in [2.75, 3.05) is 68.1 Å². The highest BCUT2D eigenvalue weighted by Crippen LogP contribution is 2.33. The molecule has 2 aromatic carbocycles. The Morgan fingerprint density at radius 1 is 1.09 bits per heavy atom. The summed E-state index contributed by atoms with van der Waals surface area (Å²) in [4.78, 5) is 8.97. The smallest absolute Gasteiger partial charge is 0.184 e. The van der Waals surface area contributed by atoms with Crippen molar-refractivity contribution in [1.29, 1.82) is 0 Å². The first kappa shape index (κ1) is 24.5. The standard InChI is InChI=1S/C24H31ClFN7S/c1-30(2)20-7-8-33(16-20)22-14-23(21(26)13-17(22)15-28-29-24(27)34)32-11-9-31(10-12-32)19-5-3-18(25)4-6-19/h3-6,13-15,20H,7-12,16H2,1-2H3,(H3,27,29,34)/t20-/m1/s1. The van der Waals surface area contributed by atoms with Gasteiger partial charge in [-0.25, -0.2) is 4.39 Å². The zero-order chi connectivity index (χ0) is 24.2. The Labute approximate surface area is 210 Å². The number of likely N-dealkylation sites (N-methyl/N-ethyl adjacent to an activating group) is 1. The Bertz CT molecular complexity index is 1040. The Morgan fingerprint density at radius 3 is 2.38 bits per heavy atom. The van der Waals surface area contributed by atoms with Crippen molar-refractivity contribution in [2.24, 2.45) is 10.8 Å². The monoisotopic (exact) mass is 503 g/mol. The molecule has 10 heteroatoms. The van der Waals surface area contributed by atoms with E-state index >= 15 is 4.39 Å². The van der Waals surface area contributed by atoms with Gasteiger partial charge < -0.3 is 25.3 Å². The average molecular weight is 504 g/mol. The molecule has 34 heavy (non-hydrogen) atoms. The molecule has 0 amide bonds. The maximum Gasteiger partial charge on any atom is 0.184 e. The SMILES string of the molecule is CN(C)[C@@H]1CCN(c2cc(N3CCN(c4ccc(Cl)cc4)CC3)c(F)cc2C=NNC(N)=S)C1. The summed E-state index contributed by atoms with van der Waals surface area (Å²) in [7, 11) is 4.19. The summed E-state index contributed by atoms with van der Waals surface area (Å²) in [5.74, 6) is -0.260. The second kappa shape index (κ2) is 10.8. The van der Waals surface area contributed by atoms with Crippen molar-refractivity contribution in [3.05, 3.63) is 52.8 Å². The second-order valence-corrected chi connectivity index (χ2v) is 9.78. The van der Waals surface area contributed by atoms with Crippen LogP contribution in [0, 0.1) is 5.82 Å². The van der Waals surface area contributed by atoms with Gasteiger partial charge in [-0.2, -0.15) is 5.10 Å². The number of hydrogen-bond acceptors (Lipinski definition) is 6. The van der Waals surface area contributed by atoms with E-state index in [1.165, 1.54) is 0 Å². The fourth-order valence-electron chi connectivity index (χ4n) is 4.59. The Morgan fingerprint density at radius 2 is 1.76 bits per heavy atom. The maximum absolute atomic E-state index is 15.3. The van der Waals surface area contributed by atoms with Gasteiger partial charge in [0.25, 0.3) is 0 Å². The highest BCUT2D eigenvalue weighted by atomic mass is 35.5. The first-order valence-electron chi connectivity index (χ1n) is 11.4. The number of nitrogens with zero attached hydrogens (tertiary/aromatic N) is 5. The molecule has 2 aliphatic heterocycles. The fourth-order valence-corrected chi connectivity index (χ4v) is 4.77. The molecule has 0 aromatic heterocycles. The molecule has 0 bridgehead atoms. The van der Waals surface area contributed by atoms with E-state index in [1.54, 1.807) is 12.3 Å². The second-order valence-electron chi connectivity index (χ2n) is 8.90. The van der Waals surface area contributed by atoms with E-state index in [9.17, 15) is 0 Å². The van der Waals surface area contributed by atoms with Crippen molar-refractivity contribution in [3.8, 4) is 0 Å². The molecule has 182 valence electrons. The predicted octanol–water partition coefficient (Wildman–Crippen LogP) is 3.11. The van der Waals surface area contributed by atoms with Gasteiger partial charge in [-0.05, 0) is 69.1 Å². The summed E-state index contributed by atoms with van der Waals surface area (Å²) in [5, 5.41) is 4.88. The van der Waals surface area contributed by atoms with Gasteiger partial charge in [0.1, 0.15) is 5.82 Å². The molecule has 0 unspecified atom stereocenters. The van der Waals surface area contributed by atoms with E-state index < -0.39 is 0 Å². The van der Waals surface area contributed by atoms with Crippen LogP contribution < -0.4 is 25.9 Å². The van der Waals surface area contributed by atoms with Crippen LogP contribution in [0.3, 0.4) is 0 Å². The summed E-state index contributed by atoms with van der Waals surface area (Å²) < 4.78 is 15.3. The molecule has 2 aliphatic rings. The van der Waals surface area contributed by atoms with Crippen LogP contribution in [0.1, 0.15) is 12.0 Å². The van der Waals surface area contributed by atoms with Crippen LogP contribution in [0.5, 0.6) is 0 Å². The summed E-state index contributed by atoms with van der Waals surface area (Å²) >= 11 is 10.8. The van der Waals surface area contributed by atoms with Crippen LogP contribution in [0.4, 0.5) is 21.5 Å². The van der Waals surface area contributed by atoms with Crippen molar-refractivity contribution < 1.29 is 4.39 Å². The zero-order valence-electron chi connectivity index (χ0n) is 19.5. The number of nitrogens with two attached hydrogens (primary N) is 1. The third kappa shape index (κ3) is 5.71. The van der Waals surface area contributed by atoms with Crippen LogP contribution in [0.25, 0.3) is 0 Å². The molecular weight excluding hydrogens is 473 g/mol. The van der Waals surface area contributed by atoms with Gasteiger partial charge in [0.15, 0.2) is 5.11 Å². The lowest BCUT2D eigenvalue weighted by Gasteiger charge is -2.38. The van der Waals surface area contributed by atoms with Crippen LogP contribution in [-0.2, 0) is 0 Å². The first-order valence-corrected chi connectivity index (χ1v) is 12.2. The van der Waals surface area contributed by atoms with Crippen LogP contribution in [0.2, 0.25) is 5.02 Å². The number of rotatable bonds is 6. The lowest BCUT2D eigenvalue weighted by Crippen LogP contribution is -2.47. The quantitative estimate of drug-likeness (QED) is 0.357. The summed E-state index contributed by atoms with van der Waals surface area (Å²) in [6.07, 6.45) is 2.64. The van der Waals surface area contributed by atoms with E-state index in [0.29, 0.717) is 17.3 Å². The molecule has 2 fully saturated rings. The van der Waals surface area contributed by atoms with Gasteiger partial charge in [-0.1, -0.05) is 11.6 Å². The Hall–Kier alpha value is -2.62. The van der Waals surface area contributed by atoms with Gasteiger partial charge in [-0.3, -0.25) is 5.43 Å². The molecule has 0 saturated carbocycles. The Kier molecular flexibility index (Phi) is 7.75. The van der Waals surface area contributed by atoms with E-state index in [4.69, 9.17) is 29.6 Å².